The molecule has 216 valence electrons. The van der Waals surface area contributed by atoms with Crippen molar-refractivity contribution in [3.8, 4) is 5.69 Å². The molecule has 41 heavy (non-hydrogen) atoms. The molecule has 0 spiro atoms. The van der Waals surface area contributed by atoms with Crippen molar-refractivity contribution in [1.29, 1.82) is 0 Å². The Labute approximate surface area is 239 Å². The van der Waals surface area contributed by atoms with Crippen LogP contribution in [0.1, 0.15) is 18.4 Å². The molecule has 0 bridgehead atoms. The fourth-order valence-electron chi connectivity index (χ4n) is 4.71. The monoisotopic (exact) mass is 606 g/mol. The molecule has 3 heterocycles. The van der Waals surface area contributed by atoms with Crippen molar-refractivity contribution in [2.24, 2.45) is 0 Å². The first-order chi connectivity index (χ1) is 19.5. The average molecular weight is 607 g/mol. The number of rotatable bonds is 8. The molecule has 2 aromatic heterocycles. The fourth-order valence-corrected chi connectivity index (χ4v) is 6.16. The van der Waals surface area contributed by atoms with Crippen LogP contribution in [0.2, 0.25) is 5.02 Å². The van der Waals surface area contributed by atoms with E-state index >= 15 is 0 Å². The van der Waals surface area contributed by atoms with Gasteiger partial charge in [0.2, 0.25) is 10.0 Å². The second kappa shape index (κ2) is 11.7. The first-order valence-electron chi connectivity index (χ1n) is 12.7. The third kappa shape index (κ3) is 6.64. The van der Waals surface area contributed by atoms with E-state index in [1.165, 1.54) is 18.5 Å². The predicted octanol–water partition coefficient (Wildman–Crippen LogP) is 5.72. The SMILES string of the molecule is O=C(Nc1ccc(-n2cc(S(=O)(=O)NCCN3CCCC3)c3ccncc32)cc1)Nc1ccc(Cl)c(C(F)(F)F)c1. The van der Waals surface area contributed by atoms with Crippen molar-refractivity contribution in [3.05, 3.63) is 77.7 Å². The maximum atomic E-state index is 13.2. The molecule has 0 unspecified atom stereocenters. The zero-order valence-electron chi connectivity index (χ0n) is 21.6. The normalized spacial score (nSPS) is 14.4. The van der Waals surface area contributed by atoms with Crippen LogP contribution in [0, 0.1) is 0 Å². The molecule has 3 N–H and O–H groups in total. The Kier molecular flexibility index (Phi) is 8.23. The van der Waals surface area contributed by atoms with E-state index in [0.717, 1.165) is 38.1 Å². The summed E-state index contributed by atoms with van der Waals surface area (Å²) in [7, 11) is -3.80. The predicted molar refractivity (Wildman–Crippen MR) is 151 cm³/mol. The van der Waals surface area contributed by atoms with E-state index in [2.05, 4.69) is 25.2 Å². The minimum atomic E-state index is -4.66. The van der Waals surface area contributed by atoms with Crippen LogP contribution in [0.25, 0.3) is 16.6 Å². The first kappa shape index (κ1) is 28.9. The number of pyridine rings is 1. The number of aromatic nitrogens is 2. The summed E-state index contributed by atoms with van der Waals surface area (Å²) >= 11 is 5.63. The highest BCUT2D eigenvalue weighted by atomic mass is 35.5. The van der Waals surface area contributed by atoms with E-state index in [1.807, 2.05) is 0 Å². The molecule has 0 saturated carbocycles. The highest BCUT2D eigenvalue weighted by Crippen LogP contribution is 2.36. The lowest BCUT2D eigenvalue weighted by Gasteiger charge is -2.14. The van der Waals surface area contributed by atoms with Crippen molar-refractivity contribution in [1.82, 2.24) is 19.2 Å². The number of urea groups is 1. The number of hydrogen-bond acceptors (Lipinski definition) is 5. The van der Waals surface area contributed by atoms with Gasteiger partial charge >= 0.3 is 12.2 Å². The Morgan fingerprint density at radius 1 is 1.00 bits per heavy atom. The number of fused-ring (bicyclic) bond motifs is 1. The summed E-state index contributed by atoms with van der Waals surface area (Å²) in [6, 6.07) is 10.5. The Morgan fingerprint density at radius 3 is 2.39 bits per heavy atom. The molecule has 14 heteroatoms. The van der Waals surface area contributed by atoms with Crippen molar-refractivity contribution < 1.29 is 26.4 Å². The van der Waals surface area contributed by atoms with Crippen LogP contribution >= 0.6 is 11.6 Å². The third-order valence-corrected chi connectivity index (χ3v) is 8.53. The van der Waals surface area contributed by atoms with E-state index in [9.17, 15) is 26.4 Å². The number of benzene rings is 2. The summed E-state index contributed by atoms with van der Waals surface area (Å²) in [6.45, 7) is 2.89. The number of nitrogens with one attached hydrogen (secondary N) is 3. The van der Waals surface area contributed by atoms with E-state index in [0.29, 0.717) is 35.4 Å². The number of likely N-dealkylation sites (tertiary alicyclic amines) is 1. The molecule has 0 radical (unpaired) electrons. The summed E-state index contributed by atoms with van der Waals surface area (Å²) in [5, 5.41) is 4.95. The van der Waals surface area contributed by atoms with Crippen LogP contribution in [0.4, 0.5) is 29.3 Å². The zero-order chi connectivity index (χ0) is 29.2. The summed E-state index contributed by atoms with van der Waals surface area (Å²) in [5.41, 5.74) is 0.416. The van der Waals surface area contributed by atoms with Gasteiger partial charge < -0.3 is 20.1 Å². The van der Waals surface area contributed by atoms with Gasteiger partial charge in [-0.1, -0.05) is 11.6 Å². The van der Waals surface area contributed by atoms with Crippen LogP contribution in [-0.4, -0.2) is 55.1 Å². The van der Waals surface area contributed by atoms with Crippen molar-refractivity contribution in [2.45, 2.75) is 23.9 Å². The molecule has 9 nitrogen and oxygen atoms in total. The second-order valence-electron chi connectivity index (χ2n) is 9.52. The molecule has 1 saturated heterocycles. The number of nitrogens with zero attached hydrogens (tertiary/aromatic N) is 3. The summed E-state index contributed by atoms with van der Waals surface area (Å²) in [5.74, 6) is 0. The number of sulfonamides is 1. The van der Waals surface area contributed by atoms with Gasteiger partial charge in [-0.3, -0.25) is 4.98 Å². The summed E-state index contributed by atoms with van der Waals surface area (Å²) < 4.78 is 70.1. The number of halogens is 4. The second-order valence-corrected chi connectivity index (χ2v) is 11.7. The highest BCUT2D eigenvalue weighted by Gasteiger charge is 2.33. The van der Waals surface area contributed by atoms with E-state index in [1.54, 1.807) is 41.1 Å². The molecule has 4 aromatic rings. The van der Waals surface area contributed by atoms with Crippen LogP contribution in [0.5, 0.6) is 0 Å². The number of carbonyl (C=O) groups excluding carboxylic acids is 1. The molecule has 0 atom stereocenters. The lowest BCUT2D eigenvalue weighted by atomic mass is 10.2. The van der Waals surface area contributed by atoms with E-state index in [4.69, 9.17) is 11.6 Å². The van der Waals surface area contributed by atoms with Gasteiger partial charge in [-0.15, -0.1) is 0 Å². The number of amides is 2. The van der Waals surface area contributed by atoms with Crippen LogP contribution in [-0.2, 0) is 16.2 Å². The van der Waals surface area contributed by atoms with Crippen LogP contribution < -0.4 is 15.4 Å². The largest absolute Gasteiger partial charge is 0.417 e. The molecule has 1 fully saturated rings. The molecular weight excluding hydrogens is 581 g/mol. The van der Waals surface area contributed by atoms with Crippen LogP contribution in [0.3, 0.4) is 0 Å². The van der Waals surface area contributed by atoms with Gasteiger partial charge in [0.25, 0.3) is 0 Å². The number of anilines is 2. The van der Waals surface area contributed by atoms with Crippen molar-refractivity contribution >= 4 is 49.9 Å². The minimum Gasteiger partial charge on any atom is -0.314 e. The zero-order valence-corrected chi connectivity index (χ0v) is 23.2. The number of alkyl halides is 3. The molecule has 2 aromatic carbocycles. The average Bonchev–Trinajstić information content (AvgIpc) is 3.58. The molecule has 5 rings (SSSR count). The lowest BCUT2D eigenvalue weighted by molar-refractivity contribution is -0.137. The lowest BCUT2D eigenvalue weighted by Crippen LogP contribution is -2.33. The Balaban J connectivity index is 1.30. The standard InChI is InChI=1S/C27H26ClF3N6O3S/c28-23-8-5-19(15-22(23)27(29,30)31)35-26(38)34-18-3-6-20(7-4-18)37-17-25(21-9-10-32-16-24(21)37)41(39,40)33-11-14-36-12-1-2-13-36/h3-10,15-17,33H,1-2,11-14H2,(H2,34,35,38). The quantitative estimate of drug-likeness (QED) is 0.238. The Morgan fingerprint density at radius 2 is 1.68 bits per heavy atom. The molecule has 0 aliphatic carbocycles. The van der Waals surface area contributed by atoms with Crippen molar-refractivity contribution in [3.63, 3.8) is 0 Å². The first-order valence-corrected chi connectivity index (χ1v) is 14.6. The smallest absolute Gasteiger partial charge is 0.314 e. The minimum absolute atomic E-state index is 0.0788. The van der Waals surface area contributed by atoms with Crippen LogP contribution in [0.15, 0.2) is 72.0 Å². The topological polar surface area (TPSA) is 108 Å². The number of carbonyl (C=O) groups is 1. The van der Waals surface area contributed by atoms with Gasteiger partial charge in [-0.2, -0.15) is 13.2 Å². The summed E-state index contributed by atoms with van der Waals surface area (Å²) in [6.07, 6.45) is 2.20. The van der Waals surface area contributed by atoms with E-state index < -0.39 is 32.8 Å². The number of hydrogen-bond donors (Lipinski definition) is 3. The maximum absolute atomic E-state index is 13.2. The van der Waals surface area contributed by atoms with Gasteiger partial charge in [-0.25, -0.2) is 17.9 Å². The Bertz CT molecular complexity index is 1670. The molecule has 2 amide bonds. The third-order valence-electron chi connectivity index (χ3n) is 6.71. The molecule has 1 aliphatic heterocycles. The van der Waals surface area contributed by atoms with Gasteiger partial charge in [0.1, 0.15) is 4.90 Å². The van der Waals surface area contributed by atoms with Gasteiger partial charge in [0, 0.05) is 47.9 Å². The highest BCUT2D eigenvalue weighted by molar-refractivity contribution is 7.89. The van der Waals surface area contributed by atoms with Gasteiger partial charge in [-0.05, 0) is 74.5 Å². The van der Waals surface area contributed by atoms with Gasteiger partial charge in [0.05, 0.1) is 22.3 Å². The van der Waals surface area contributed by atoms with Crippen molar-refractivity contribution in [2.75, 3.05) is 36.8 Å². The molecule has 1 aliphatic rings. The fraction of sp³-hybridized carbons (Fsp3) is 0.259. The van der Waals surface area contributed by atoms with Gasteiger partial charge in [0.15, 0.2) is 0 Å². The Hall–Kier alpha value is -3.65. The maximum Gasteiger partial charge on any atom is 0.417 e. The molecular formula is C27H26ClF3N6O3S. The van der Waals surface area contributed by atoms with E-state index in [-0.39, 0.29) is 10.6 Å². The summed E-state index contributed by atoms with van der Waals surface area (Å²) in [4.78, 5) is 18.9.